The Morgan fingerprint density at radius 1 is 1.30 bits per heavy atom. The summed E-state index contributed by atoms with van der Waals surface area (Å²) in [6.45, 7) is 2.45. The Balaban J connectivity index is 2.39. The lowest BCUT2D eigenvalue weighted by Gasteiger charge is -2.14. The van der Waals surface area contributed by atoms with Gasteiger partial charge in [-0.1, -0.05) is 30.4 Å². The lowest BCUT2D eigenvalue weighted by atomic mass is 10.1. The summed E-state index contributed by atoms with van der Waals surface area (Å²) in [6, 6.07) is 11.7. The Hall–Kier alpha value is -1.98. The molecule has 0 radical (unpaired) electrons. The van der Waals surface area contributed by atoms with E-state index in [2.05, 4.69) is 10.3 Å². The number of aromatic nitrogens is 1. The molecule has 0 spiro atoms. The van der Waals surface area contributed by atoms with Crippen molar-refractivity contribution in [3.63, 3.8) is 0 Å². The summed E-state index contributed by atoms with van der Waals surface area (Å²) in [6.07, 6.45) is 0. The van der Waals surface area contributed by atoms with Crippen molar-refractivity contribution in [1.82, 2.24) is 4.98 Å². The highest BCUT2D eigenvalue weighted by atomic mass is 32.1. The zero-order valence-electron chi connectivity index (χ0n) is 11.5. The molecule has 3 N–H and O–H groups in total. The maximum absolute atomic E-state index is 5.74. The lowest BCUT2D eigenvalue weighted by molar-refractivity contribution is 0.185. The molecular weight excluding hydrogens is 270 g/mol. The van der Waals surface area contributed by atoms with Gasteiger partial charge in [-0.15, -0.1) is 0 Å². The maximum atomic E-state index is 5.74. The second kappa shape index (κ2) is 6.45. The Bertz CT molecular complexity index is 628. The van der Waals surface area contributed by atoms with Crippen LogP contribution in [0.15, 0.2) is 36.4 Å². The highest BCUT2D eigenvalue weighted by Gasteiger charge is 2.09. The van der Waals surface area contributed by atoms with Gasteiger partial charge in [0.25, 0.3) is 0 Å². The zero-order valence-corrected chi connectivity index (χ0v) is 12.3. The standard InChI is InChI=1S/C15H17N3OS/c1-10-7-8-12(14(16)20)15(17-10)18-13-6-4-3-5-11(13)9-19-2/h3-8H,9H2,1-2H3,(H2,16,20)(H,17,18). The van der Waals surface area contributed by atoms with Crippen molar-refractivity contribution in [3.8, 4) is 0 Å². The molecule has 2 rings (SSSR count). The molecule has 2 aromatic rings. The van der Waals surface area contributed by atoms with E-state index in [1.165, 1.54) is 0 Å². The molecule has 0 amide bonds. The Morgan fingerprint density at radius 2 is 2.05 bits per heavy atom. The predicted octanol–water partition coefficient (Wildman–Crippen LogP) is 2.91. The van der Waals surface area contributed by atoms with Crippen LogP contribution in [0.1, 0.15) is 16.8 Å². The molecule has 5 heteroatoms. The first-order valence-electron chi connectivity index (χ1n) is 6.23. The van der Waals surface area contributed by atoms with Crippen LogP contribution in [-0.4, -0.2) is 17.1 Å². The Kier molecular flexibility index (Phi) is 4.65. The van der Waals surface area contributed by atoms with E-state index in [0.717, 1.165) is 22.5 Å². The largest absolute Gasteiger partial charge is 0.389 e. The molecule has 4 nitrogen and oxygen atoms in total. The van der Waals surface area contributed by atoms with Crippen molar-refractivity contribution >= 4 is 28.7 Å². The molecule has 0 aliphatic carbocycles. The van der Waals surface area contributed by atoms with Gasteiger partial charge >= 0.3 is 0 Å². The molecule has 1 aromatic heterocycles. The van der Waals surface area contributed by atoms with E-state index in [4.69, 9.17) is 22.7 Å². The number of hydrogen-bond donors (Lipinski definition) is 2. The number of nitrogens with two attached hydrogens (primary N) is 1. The van der Waals surface area contributed by atoms with Gasteiger partial charge in [0.05, 0.1) is 12.2 Å². The molecule has 1 aromatic carbocycles. The monoisotopic (exact) mass is 287 g/mol. The fourth-order valence-electron chi connectivity index (χ4n) is 1.90. The van der Waals surface area contributed by atoms with Crippen LogP contribution in [0.4, 0.5) is 11.5 Å². The van der Waals surface area contributed by atoms with Gasteiger partial charge in [-0.25, -0.2) is 4.98 Å². The number of pyridine rings is 1. The van der Waals surface area contributed by atoms with Crippen molar-refractivity contribution in [3.05, 3.63) is 53.2 Å². The maximum Gasteiger partial charge on any atom is 0.140 e. The molecule has 0 atom stereocenters. The van der Waals surface area contributed by atoms with Crippen molar-refractivity contribution in [1.29, 1.82) is 0 Å². The summed E-state index contributed by atoms with van der Waals surface area (Å²) in [4.78, 5) is 4.79. The molecule has 0 aliphatic rings. The first kappa shape index (κ1) is 14.4. The van der Waals surface area contributed by atoms with Crippen LogP contribution in [0.25, 0.3) is 0 Å². The summed E-state index contributed by atoms with van der Waals surface area (Å²) in [7, 11) is 1.67. The van der Waals surface area contributed by atoms with Crippen LogP contribution in [0.2, 0.25) is 0 Å². The SMILES string of the molecule is COCc1ccccc1Nc1nc(C)ccc1C(N)=S. The van der Waals surface area contributed by atoms with Crippen molar-refractivity contribution in [2.45, 2.75) is 13.5 Å². The normalized spacial score (nSPS) is 10.3. The van der Waals surface area contributed by atoms with E-state index >= 15 is 0 Å². The average Bonchev–Trinajstić information content (AvgIpc) is 2.41. The number of anilines is 2. The van der Waals surface area contributed by atoms with Crippen LogP contribution in [0, 0.1) is 6.92 Å². The van der Waals surface area contributed by atoms with E-state index in [9.17, 15) is 0 Å². The van der Waals surface area contributed by atoms with Crippen molar-refractivity contribution in [2.24, 2.45) is 5.73 Å². The van der Waals surface area contributed by atoms with Crippen LogP contribution in [0.5, 0.6) is 0 Å². The summed E-state index contributed by atoms with van der Waals surface area (Å²) in [5.74, 6) is 0.668. The third-order valence-corrected chi connectivity index (χ3v) is 3.09. The van der Waals surface area contributed by atoms with Crippen LogP contribution in [-0.2, 0) is 11.3 Å². The first-order chi connectivity index (χ1) is 9.61. The van der Waals surface area contributed by atoms with E-state index in [1.807, 2.05) is 43.3 Å². The van der Waals surface area contributed by atoms with Crippen LogP contribution >= 0.6 is 12.2 Å². The minimum absolute atomic E-state index is 0.323. The minimum Gasteiger partial charge on any atom is -0.389 e. The second-order valence-corrected chi connectivity index (χ2v) is 4.87. The van der Waals surface area contributed by atoms with Crippen molar-refractivity contribution in [2.75, 3.05) is 12.4 Å². The highest BCUT2D eigenvalue weighted by molar-refractivity contribution is 7.80. The van der Waals surface area contributed by atoms with Crippen LogP contribution in [0.3, 0.4) is 0 Å². The first-order valence-corrected chi connectivity index (χ1v) is 6.64. The molecule has 0 unspecified atom stereocenters. The molecule has 0 bridgehead atoms. The number of nitrogens with zero attached hydrogens (tertiary/aromatic N) is 1. The van der Waals surface area contributed by atoms with Gasteiger partial charge in [-0.05, 0) is 25.1 Å². The number of nitrogens with one attached hydrogen (secondary N) is 1. The lowest BCUT2D eigenvalue weighted by Crippen LogP contribution is -2.13. The van der Waals surface area contributed by atoms with Gasteiger partial charge in [0, 0.05) is 24.1 Å². The van der Waals surface area contributed by atoms with E-state index in [0.29, 0.717) is 17.4 Å². The highest BCUT2D eigenvalue weighted by Crippen LogP contribution is 2.23. The number of ether oxygens (including phenoxy) is 1. The minimum atomic E-state index is 0.323. The summed E-state index contributed by atoms with van der Waals surface area (Å²) < 4.78 is 5.20. The van der Waals surface area contributed by atoms with Gasteiger partial charge in [0.1, 0.15) is 10.8 Å². The summed E-state index contributed by atoms with van der Waals surface area (Å²) in [5, 5.41) is 3.29. The molecule has 20 heavy (non-hydrogen) atoms. The zero-order chi connectivity index (χ0) is 14.5. The summed E-state index contributed by atoms with van der Waals surface area (Å²) >= 11 is 5.07. The fraction of sp³-hybridized carbons (Fsp3) is 0.200. The number of aryl methyl sites for hydroxylation is 1. The van der Waals surface area contributed by atoms with E-state index < -0.39 is 0 Å². The Labute approximate surface area is 124 Å². The predicted molar refractivity (Wildman–Crippen MR) is 85.3 cm³/mol. The number of methoxy groups -OCH3 is 1. The second-order valence-electron chi connectivity index (χ2n) is 4.43. The van der Waals surface area contributed by atoms with Crippen molar-refractivity contribution < 1.29 is 4.74 Å². The third kappa shape index (κ3) is 3.31. The Morgan fingerprint density at radius 3 is 2.75 bits per heavy atom. The number of para-hydroxylation sites is 1. The number of thiocarbonyl (C=S) groups is 1. The average molecular weight is 287 g/mol. The van der Waals surface area contributed by atoms with Gasteiger partial charge in [-0.3, -0.25) is 0 Å². The molecule has 104 valence electrons. The van der Waals surface area contributed by atoms with Gasteiger partial charge in [0.2, 0.25) is 0 Å². The smallest absolute Gasteiger partial charge is 0.140 e. The third-order valence-electron chi connectivity index (χ3n) is 2.87. The quantitative estimate of drug-likeness (QED) is 0.828. The molecular formula is C15H17N3OS. The number of rotatable bonds is 5. The molecule has 0 saturated heterocycles. The topological polar surface area (TPSA) is 60.2 Å². The van der Waals surface area contributed by atoms with Gasteiger partial charge in [0.15, 0.2) is 0 Å². The fourth-order valence-corrected chi connectivity index (χ4v) is 2.07. The number of hydrogen-bond acceptors (Lipinski definition) is 4. The molecule has 0 fully saturated rings. The van der Waals surface area contributed by atoms with Gasteiger partial charge in [-0.2, -0.15) is 0 Å². The molecule has 0 aliphatic heterocycles. The number of benzene rings is 1. The van der Waals surface area contributed by atoms with E-state index in [-0.39, 0.29) is 0 Å². The van der Waals surface area contributed by atoms with E-state index in [1.54, 1.807) is 7.11 Å². The molecule has 0 saturated carbocycles. The summed E-state index contributed by atoms with van der Waals surface area (Å²) in [5.41, 5.74) is 9.36. The van der Waals surface area contributed by atoms with Gasteiger partial charge < -0.3 is 15.8 Å². The van der Waals surface area contributed by atoms with Crippen LogP contribution < -0.4 is 11.1 Å². The molecule has 1 heterocycles.